The van der Waals surface area contributed by atoms with Crippen LogP contribution in [0.4, 0.5) is 4.79 Å². The van der Waals surface area contributed by atoms with E-state index >= 15 is 0 Å². The lowest BCUT2D eigenvalue weighted by Crippen LogP contribution is -2.43. The van der Waals surface area contributed by atoms with Gasteiger partial charge in [-0.05, 0) is 24.0 Å². The van der Waals surface area contributed by atoms with Crippen LogP contribution in [0, 0.1) is 5.92 Å². The molecule has 0 aromatic carbocycles. The molecule has 1 atom stereocenters. The van der Waals surface area contributed by atoms with Crippen molar-refractivity contribution in [2.75, 3.05) is 6.54 Å². The molecule has 2 amide bonds. The summed E-state index contributed by atoms with van der Waals surface area (Å²) >= 11 is 0. The van der Waals surface area contributed by atoms with Crippen LogP contribution in [0.3, 0.4) is 0 Å². The van der Waals surface area contributed by atoms with Gasteiger partial charge in [-0.25, -0.2) is 9.78 Å². The summed E-state index contributed by atoms with van der Waals surface area (Å²) in [5.41, 5.74) is 1.02. The van der Waals surface area contributed by atoms with Crippen molar-refractivity contribution in [2.45, 2.75) is 39.8 Å². The third kappa shape index (κ3) is 4.57. The molecule has 0 fully saturated rings. The number of imidazole rings is 1. The van der Waals surface area contributed by atoms with Crippen molar-refractivity contribution in [3.63, 3.8) is 0 Å². The SMILES string of the molecule is CCCN(Cc1nccn1C)C(=O)NC(c1cccnc1)C(C)C. The first-order valence-corrected chi connectivity index (χ1v) is 8.44. The van der Waals surface area contributed by atoms with Crippen molar-refractivity contribution in [1.29, 1.82) is 0 Å². The van der Waals surface area contributed by atoms with E-state index in [-0.39, 0.29) is 18.0 Å². The topological polar surface area (TPSA) is 63.1 Å². The van der Waals surface area contributed by atoms with Crippen LogP contribution in [0.15, 0.2) is 36.9 Å². The first-order chi connectivity index (χ1) is 11.5. The van der Waals surface area contributed by atoms with Crippen LogP contribution in [0.25, 0.3) is 0 Å². The molecular formula is C18H27N5O. The highest BCUT2D eigenvalue weighted by molar-refractivity contribution is 5.74. The normalized spacial score (nSPS) is 12.2. The fourth-order valence-electron chi connectivity index (χ4n) is 2.66. The minimum absolute atomic E-state index is 0.0630. The summed E-state index contributed by atoms with van der Waals surface area (Å²) in [5, 5.41) is 3.16. The number of hydrogen-bond acceptors (Lipinski definition) is 3. The highest BCUT2D eigenvalue weighted by atomic mass is 16.2. The minimum Gasteiger partial charge on any atom is -0.337 e. The second-order valence-electron chi connectivity index (χ2n) is 6.33. The molecule has 0 spiro atoms. The zero-order chi connectivity index (χ0) is 17.5. The van der Waals surface area contributed by atoms with Crippen LogP contribution in [0.1, 0.15) is 44.6 Å². The van der Waals surface area contributed by atoms with E-state index in [1.807, 2.05) is 41.0 Å². The van der Waals surface area contributed by atoms with E-state index in [9.17, 15) is 4.79 Å². The van der Waals surface area contributed by atoms with Crippen molar-refractivity contribution in [2.24, 2.45) is 13.0 Å². The van der Waals surface area contributed by atoms with Crippen LogP contribution in [-0.2, 0) is 13.6 Å². The zero-order valence-corrected chi connectivity index (χ0v) is 14.9. The van der Waals surface area contributed by atoms with Gasteiger partial charge >= 0.3 is 6.03 Å². The van der Waals surface area contributed by atoms with Crippen LogP contribution in [-0.4, -0.2) is 32.0 Å². The van der Waals surface area contributed by atoms with Gasteiger partial charge in [-0.15, -0.1) is 0 Å². The smallest absolute Gasteiger partial charge is 0.318 e. The summed E-state index contributed by atoms with van der Waals surface area (Å²) in [6.07, 6.45) is 8.10. The van der Waals surface area contributed by atoms with Gasteiger partial charge in [0.05, 0.1) is 12.6 Å². The van der Waals surface area contributed by atoms with Gasteiger partial charge in [0, 0.05) is 38.4 Å². The summed E-state index contributed by atoms with van der Waals surface area (Å²) in [7, 11) is 1.94. The summed E-state index contributed by atoms with van der Waals surface area (Å²) in [6.45, 7) is 7.46. The van der Waals surface area contributed by atoms with E-state index in [0.717, 1.165) is 17.8 Å². The number of amides is 2. The van der Waals surface area contributed by atoms with Gasteiger partial charge in [0.1, 0.15) is 5.82 Å². The quantitative estimate of drug-likeness (QED) is 0.849. The Morgan fingerprint density at radius 3 is 2.71 bits per heavy atom. The Balaban J connectivity index is 2.12. The Morgan fingerprint density at radius 1 is 1.38 bits per heavy atom. The van der Waals surface area contributed by atoms with Gasteiger partial charge < -0.3 is 14.8 Å². The second kappa shape index (κ2) is 8.47. The molecule has 0 bridgehead atoms. The Hall–Kier alpha value is -2.37. The molecule has 0 aliphatic carbocycles. The Kier molecular flexibility index (Phi) is 6.35. The number of hydrogen-bond donors (Lipinski definition) is 1. The number of pyridine rings is 1. The molecule has 2 aromatic rings. The number of carbonyl (C=O) groups is 1. The zero-order valence-electron chi connectivity index (χ0n) is 14.9. The van der Waals surface area contributed by atoms with Gasteiger partial charge in [-0.2, -0.15) is 0 Å². The van der Waals surface area contributed by atoms with E-state index in [1.165, 1.54) is 0 Å². The van der Waals surface area contributed by atoms with Crippen LogP contribution in [0.5, 0.6) is 0 Å². The monoisotopic (exact) mass is 329 g/mol. The fourth-order valence-corrected chi connectivity index (χ4v) is 2.66. The van der Waals surface area contributed by atoms with Crippen LogP contribution in [0.2, 0.25) is 0 Å². The largest absolute Gasteiger partial charge is 0.337 e. The highest BCUT2D eigenvalue weighted by Crippen LogP contribution is 2.21. The average molecular weight is 329 g/mol. The summed E-state index contributed by atoms with van der Waals surface area (Å²) in [6, 6.07) is 3.77. The third-order valence-corrected chi connectivity index (χ3v) is 4.02. The maximum absolute atomic E-state index is 12.8. The van der Waals surface area contributed by atoms with E-state index in [4.69, 9.17) is 0 Å². The molecule has 130 valence electrons. The molecule has 0 saturated heterocycles. The van der Waals surface area contributed by atoms with Gasteiger partial charge in [0.2, 0.25) is 0 Å². The second-order valence-corrected chi connectivity index (χ2v) is 6.33. The first-order valence-electron chi connectivity index (χ1n) is 8.44. The Labute approximate surface area is 143 Å². The Morgan fingerprint density at radius 2 is 2.17 bits per heavy atom. The van der Waals surface area contributed by atoms with Crippen molar-refractivity contribution >= 4 is 6.03 Å². The van der Waals surface area contributed by atoms with Gasteiger partial charge in [0.25, 0.3) is 0 Å². The van der Waals surface area contributed by atoms with Gasteiger partial charge in [0.15, 0.2) is 0 Å². The standard InChI is InChI=1S/C18H27N5O/c1-5-10-23(13-16-20-9-11-22(16)4)18(24)21-17(14(2)3)15-7-6-8-19-12-15/h6-9,11-12,14,17H,5,10,13H2,1-4H3,(H,21,24). The highest BCUT2D eigenvalue weighted by Gasteiger charge is 2.22. The molecule has 0 radical (unpaired) electrons. The maximum Gasteiger partial charge on any atom is 0.318 e. The predicted molar refractivity (Wildman–Crippen MR) is 94.3 cm³/mol. The number of aryl methyl sites for hydroxylation is 1. The molecule has 2 heterocycles. The summed E-state index contributed by atoms with van der Waals surface area (Å²) in [5.74, 6) is 1.15. The van der Waals surface area contributed by atoms with E-state index in [2.05, 4.69) is 36.1 Å². The molecule has 1 unspecified atom stereocenters. The number of nitrogens with one attached hydrogen (secondary N) is 1. The number of aromatic nitrogens is 3. The maximum atomic E-state index is 12.8. The summed E-state index contributed by atoms with van der Waals surface area (Å²) in [4.78, 5) is 23.1. The molecule has 2 rings (SSSR count). The van der Waals surface area contributed by atoms with Crippen LogP contribution < -0.4 is 5.32 Å². The predicted octanol–water partition coefficient (Wildman–Crippen LogP) is 3.13. The lowest BCUT2D eigenvalue weighted by atomic mass is 9.97. The van der Waals surface area contributed by atoms with Crippen molar-refractivity contribution < 1.29 is 4.79 Å². The molecule has 24 heavy (non-hydrogen) atoms. The van der Waals surface area contributed by atoms with Crippen molar-refractivity contribution in [1.82, 2.24) is 24.8 Å². The van der Waals surface area contributed by atoms with E-state index < -0.39 is 0 Å². The number of nitrogens with zero attached hydrogens (tertiary/aromatic N) is 4. The minimum atomic E-state index is -0.0672. The average Bonchev–Trinajstić information content (AvgIpc) is 2.97. The molecule has 6 heteroatoms. The van der Waals surface area contributed by atoms with Gasteiger partial charge in [-0.1, -0.05) is 26.8 Å². The summed E-state index contributed by atoms with van der Waals surface area (Å²) < 4.78 is 1.94. The molecule has 0 aliphatic rings. The molecular weight excluding hydrogens is 302 g/mol. The lowest BCUT2D eigenvalue weighted by Gasteiger charge is -2.28. The van der Waals surface area contributed by atoms with Crippen LogP contribution >= 0.6 is 0 Å². The van der Waals surface area contributed by atoms with E-state index in [0.29, 0.717) is 13.1 Å². The molecule has 0 saturated carbocycles. The third-order valence-electron chi connectivity index (χ3n) is 4.02. The molecule has 0 aliphatic heterocycles. The van der Waals surface area contributed by atoms with Crippen molar-refractivity contribution in [3.05, 3.63) is 48.3 Å². The van der Waals surface area contributed by atoms with E-state index in [1.54, 1.807) is 12.4 Å². The molecule has 2 aromatic heterocycles. The fraction of sp³-hybridized carbons (Fsp3) is 0.500. The first kappa shape index (κ1) is 18.0. The number of rotatable bonds is 7. The number of urea groups is 1. The lowest BCUT2D eigenvalue weighted by molar-refractivity contribution is 0.185. The van der Waals surface area contributed by atoms with Crippen molar-refractivity contribution in [3.8, 4) is 0 Å². The van der Waals surface area contributed by atoms with Gasteiger partial charge in [-0.3, -0.25) is 4.98 Å². The molecule has 6 nitrogen and oxygen atoms in total. The Bertz CT molecular complexity index is 638. The molecule has 1 N–H and O–H groups in total. The number of carbonyl (C=O) groups excluding carboxylic acids is 1.